The van der Waals surface area contributed by atoms with Crippen molar-refractivity contribution in [2.75, 3.05) is 33.7 Å². The van der Waals surface area contributed by atoms with Crippen LogP contribution in [0.25, 0.3) is 0 Å². The zero-order valence-electron chi connectivity index (χ0n) is 11.5. The Hall–Kier alpha value is -1.33. The van der Waals surface area contributed by atoms with Gasteiger partial charge in [-0.15, -0.1) is 0 Å². The number of carbonyl (C=O) groups is 1. The van der Waals surface area contributed by atoms with Gasteiger partial charge in [0.1, 0.15) is 5.82 Å². The van der Waals surface area contributed by atoms with Crippen molar-refractivity contribution < 1.29 is 4.79 Å². The van der Waals surface area contributed by atoms with Crippen LogP contribution in [-0.4, -0.2) is 59.3 Å². The lowest BCUT2D eigenvalue weighted by Crippen LogP contribution is -2.45. The molecule has 1 saturated heterocycles. The molecule has 0 saturated carbocycles. The second-order valence-corrected chi connectivity index (χ2v) is 5.04. The van der Waals surface area contributed by atoms with Crippen LogP contribution in [0.3, 0.4) is 0 Å². The van der Waals surface area contributed by atoms with Gasteiger partial charge < -0.3 is 4.90 Å². The predicted octanol–water partition coefficient (Wildman–Crippen LogP) is 0.906. The van der Waals surface area contributed by atoms with Crippen molar-refractivity contribution in [2.45, 2.75) is 19.9 Å². The highest BCUT2D eigenvalue weighted by molar-refractivity contribution is 5.94. The van der Waals surface area contributed by atoms with Crippen molar-refractivity contribution in [1.82, 2.24) is 19.8 Å². The van der Waals surface area contributed by atoms with Crippen molar-refractivity contribution in [3.63, 3.8) is 0 Å². The molecule has 5 heteroatoms. The Morgan fingerprint density at radius 3 is 2.72 bits per heavy atom. The topological polar surface area (TPSA) is 49.3 Å². The van der Waals surface area contributed by atoms with E-state index < -0.39 is 0 Å². The largest absolute Gasteiger partial charge is 0.303 e. The third-order valence-corrected chi connectivity index (χ3v) is 3.53. The molecule has 2 rings (SSSR count). The number of rotatable bonds is 2. The Kier molecular flexibility index (Phi) is 3.73. The van der Waals surface area contributed by atoms with Crippen molar-refractivity contribution in [2.24, 2.45) is 0 Å². The number of piperazine rings is 1. The molecular formula is C13H20N4O. The van der Waals surface area contributed by atoms with Gasteiger partial charge in [0, 0.05) is 25.8 Å². The van der Waals surface area contributed by atoms with Crippen molar-refractivity contribution in [3.05, 3.63) is 23.3 Å². The SMILES string of the molecule is CC(=O)c1cnc(C2CN(C)CCN2C)nc1C. The number of hydrogen-bond acceptors (Lipinski definition) is 5. The summed E-state index contributed by atoms with van der Waals surface area (Å²) in [5.41, 5.74) is 1.39. The summed E-state index contributed by atoms with van der Waals surface area (Å²) in [6, 6.07) is 0.212. The molecule has 1 aliphatic rings. The predicted molar refractivity (Wildman–Crippen MR) is 69.6 cm³/mol. The molecule has 0 radical (unpaired) electrons. The van der Waals surface area contributed by atoms with Crippen LogP contribution in [-0.2, 0) is 0 Å². The van der Waals surface area contributed by atoms with Gasteiger partial charge in [0.05, 0.1) is 17.3 Å². The summed E-state index contributed by atoms with van der Waals surface area (Å²) in [6.07, 6.45) is 1.66. The average Bonchev–Trinajstić information content (AvgIpc) is 2.31. The Labute approximate surface area is 108 Å². The summed E-state index contributed by atoms with van der Waals surface area (Å²) >= 11 is 0. The molecule has 1 aromatic heterocycles. The monoisotopic (exact) mass is 248 g/mol. The number of hydrogen-bond donors (Lipinski definition) is 0. The van der Waals surface area contributed by atoms with Gasteiger partial charge in [-0.1, -0.05) is 0 Å². The minimum Gasteiger partial charge on any atom is -0.303 e. The van der Waals surface area contributed by atoms with Gasteiger partial charge in [-0.25, -0.2) is 9.97 Å². The number of aryl methyl sites for hydroxylation is 1. The van der Waals surface area contributed by atoms with Crippen LogP contribution in [0.5, 0.6) is 0 Å². The molecule has 0 bridgehead atoms. The minimum absolute atomic E-state index is 0.0215. The van der Waals surface area contributed by atoms with E-state index in [1.807, 2.05) is 6.92 Å². The Morgan fingerprint density at radius 2 is 2.11 bits per heavy atom. The fourth-order valence-electron chi connectivity index (χ4n) is 2.28. The number of Topliss-reactive ketones (excluding diaryl/α,β-unsaturated/α-hetero) is 1. The van der Waals surface area contributed by atoms with E-state index in [2.05, 4.69) is 33.9 Å². The molecule has 0 spiro atoms. The van der Waals surface area contributed by atoms with E-state index in [4.69, 9.17) is 0 Å². The van der Waals surface area contributed by atoms with Crippen LogP contribution in [0.4, 0.5) is 0 Å². The fraction of sp³-hybridized carbons (Fsp3) is 0.615. The number of likely N-dealkylation sites (N-methyl/N-ethyl adjacent to an activating group) is 2. The second kappa shape index (κ2) is 5.12. The van der Waals surface area contributed by atoms with Gasteiger partial charge in [-0.2, -0.15) is 0 Å². The van der Waals surface area contributed by atoms with Gasteiger partial charge in [-0.05, 0) is 27.9 Å². The van der Waals surface area contributed by atoms with E-state index in [1.54, 1.807) is 13.1 Å². The molecular weight excluding hydrogens is 228 g/mol. The summed E-state index contributed by atoms with van der Waals surface area (Å²) in [4.78, 5) is 24.8. The molecule has 2 heterocycles. The number of nitrogens with zero attached hydrogens (tertiary/aromatic N) is 4. The Balaban J connectivity index is 2.28. The third kappa shape index (κ3) is 2.57. The van der Waals surface area contributed by atoms with E-state index in [9.17, 15) is 4.79 Å². The molecule has 5 nitrogen and oxygen atoms in total. The normalized spacial score (nSPS) is 22.1. The lowest BCUT2D eigenvalue weighted by molar-refractivity contribution is 0.101. The lowest BCUT2D eigenvalue weighted by atomic mass is 10.1. The first-order valence-electron chi connectivity index (χ1n) is 6.22. The van der Waals surface area contributed by atoms with Crippen LogP contribution < -0.4 is 0 Å². The quantitative estimate of drug-likeness (QED) is 0.728. The molecule has 1 aromatic rings. The molecule has 98 valence electrons. The van der Waals surface area contributed by atoms with Gasteiger partial charge in [0.2, 0.25) is 0 Å². The lowest BCUT2D eigenvalue weighted by Gasteiger charge is -2.36. The molecule has 1 unspecified atom stereocenters. The third-order valence-electron chi connectivity index (χ3n) is 3.53. The van der Waals surface area contributed by atoms with Crippen molar-refractivity contribution >= 4 is 5.78 Å². The average molecular weight is 248 g/mol. The van der Waals surface area contributed by atoms with Crippen LogP contribution in [0.15, 0.2) is 6.20 Å². The molecule has 1 fully saturated rings. The molecule has 0 amide bonds. The van der Waals surface area contributed by atoms with E-state index in [-0.39, 0.29) is 11.8 Å². The molecule has 1 aliphatic heterocycles. The summed E-state index contributed by atoms with van der Waals surface area (Å²) < 4.78 is 0. The first kappa shape index (κ1) is 13.1. The highest BCUT2D eigenvalue weighted by Gasteiger charge is 2.26. The zero-order chi connectivity index (χ0) is 13.3. The Morgan fingerprint density at radius 1 is 1.39 bits per heavy atom. The van der Waals surface area contributed by atoms with Crippen molar-refractivity contribution in [1.29, 1.82) is 0 Å². The first-order chi connectivity index (χ1) is 8.49. The van der Waals surface area contributed by atoms with Crippen LogP contribution in [0.1, 0.15) is 34.8 Å². The van der Waals surface area contributed by atoms with Gasteiger partial charge >= 0.3 is 0 Å². The van der Waals surface area contributed by atoms with Crippen LogP contribution >= 0.6 is 0 Å². The molecule has 0 aromatic carbocycles. The highest BCUT2D eigenvalue weighted by Crippen LogP contribution is 2.21. The smallest absolute Gasteiger partial charge is 0.163 e. The summed E-state index contributed by atoms with van der Waals surface area (Å²) in [7, 11) is 4.20. The van der Waals surface area contributed by atoms with Gasteiger partial charge in [0.25, 0.3) is 0 Å². The number of ketones is 1. The number of carbonyl (C=O) groups excluding carboxylic acids is 1. The summed E-state index contributed by atoms with van der Waals surface area (Å²) in [5.74, 6) is 0.833. The van der Waals surface area contributed by atoms with Gasteiger partial charge in [0.15, 0.2) is 5.78 Å². The maximum absolute atomic E-state index is 11.4. The Bertz CT molecular complexity index is 460. The molecule has 1 atom stereocenters. The number of aromatic nitrogens is 2. The fourth-order valence-corrected chi connectivity index (χ4v) is 2.28. The zero-order valence-corrected chi connectivity index (χ0v) is 11.5. The van der Waals surface area contributed by atoms with Crippen LogP contribution in [0.2, 0.25) is 0 Å². The van der Waals surface area contributed by atoms with Gasteiger partial charge in [-0.3, -0.25) is 9.69 Å². The maximum Gasteiger partial charge on any atom is 0.163 e. The molecule has 0 N–H and O–H groups in total. The highest BCUT2D eigenvalue weighted by atomic mass is 16.1. The summed E-state index contributed by atoms with van der Waals surface area (Å²) in [5, 5.41) is 0. The minimum atomic E-state index is 0.0215. The maximum atomic E-state index is 11.4. The van der Waals surface area contributed by atoms with E-state index in [1.165, 1.54) is 0 Å². The van der Waals surface area contributed by atoms with E-state index in [0.717, 1.165) is 31.2 Å². The second-order valence-electron chi connectivity index (χ2n) is 5.04. The molecule has 0 aliphatic carbocycles. The van der Waals surface area contributed by atoms with Crippen LogP contribution in [0, 0.1) is 6.92 Å². The standard InChI is InChI=1S/C13H20N4O/c1-9-11(10(2)18)7-14-13(15-9)12-8-16(3)5-6-17(12)4/h7,12H,5-6,8H2,1-4H3. The van der Waals surface area contributed by atoms with E-state index >= 15 is 0 Å². The first-order valence-corrected chi connectivity index (χ1v) is 6.22. The molecule has 18 heavy (non-hydrogen) atoms. The van der Waals surface area contributed by atoms with E-state index in [0.29, 0.717) is 5.56 Å². The van der Waals surface area contributed by atoms with Crippen molar-refractivity contribution in [3.8, 4) is 0 Å². The summed E-state index contributed by atoms with van der Waals surface area (Å²) in [6.45, 7) is 6.42.